The van der Waals surface area contributed by atoms with Crippen molar-refractivity contribution in [2.45, 2.75) is 63.3 Å². The van der Waals surface area contributed by atoms with E-state index in [1.807, 2.05) is 6.92 Å². The average molecular weight is 441 g/mol. The van der Waals surface area contributed by atoms with Gasteiger partial charge in [-0.1, -0.05) is 6.92 Å². The number of fused-ring (bicyclic) bond motifs is 1. The maximum absolute atomic E-state index is 10.8. The van der Waals surface area contributed by atoms with Gasteiger partial charge in [0.05, 0.1) is 12.4 Å². The number of hydrogen-bond acceptors (Lipinski definition) is 10. The summed E-state index contributed by atoms with van der Waals surface area (Å²) in [5.41, 5.74) is 6.54. The number of anilines is 1. The lowest BCUT2D eigenvalue weighted by atomic mass is 10.1. The summed E-state index contributed by atoms with van der Waals surface area (Å²) in [6.07, 6.45) is 0.452. The van der Waals surface area contributed by atoms with Crippen LogP contribution in [0, 0.1) is 0 Å². The number of aliphatic hydroxyl groups is 2. The minimum Gasteiger partial charge on any atom is -0.480 e. The second-order valence-corrected chi connectivity index (χ2v) is 8.50. The highest BCUT2D eigenvalue weighted by atomic mass is 32.2. The largest absolute Gasteiger partial charge is 0.480 e. The van der Waals surface area contributed by atoms with Gasteiger partial charge < -0.3 is 31.1 Å². The molecule has 1 aliphatic rings. The van der Waals surface area contributed by atoms with Crippen molar-refractivity contribution in [3.8, 4) is 0 Å². The van der Waals surface area contributed by atoms with Crippen LogP contribution in [0.2, 0.25) is 0 Å². The molecule has 0 radical (unpaired) electrons. The Labute approximate surface area is 178 Å². The normalized spacial score (nSPS) is 26.0. The van der Waals surface area contributed by atoms with Crippen molar-refractivity contribution < 1.29 is 24.9 Å². The SMILES string of the molecule is CCC(C)Nc1ncnc2c1ncn2[C@@H]1O[C@H](CSCC[C@H](N)C(=O)O)[C@@H](O)[C@H]1O. The minimum atomic E-state index is -1.16. The number of rotatable bonds is 10. The Balaban J connectivity index is 1.68. The van der Waals surface area contributed by atoms with Crippen LogP contribution in [0.15, 0.2) is 12.7 Å². The highest BCUT2D eigenvalue weighted by molar-refractivity contribution is 7.99. The Kier molecular flexibility index (Phi) is 7.47. The summed E-state index contributed by atoms with van der Waals surface area (Å²) in [6, 6.07) is -0.709. The lowest BCUT2D eigenvalue weighted by Crippen LogP contribution is -2.33. The van der Waals surface area contributed by atoms with Gasteiger partial charge in [0.15, 0.2) is 23.2 Å². The van der Waals surface area contributed by atoms with Gasteiger partial charge in [-0.3, -0.25) is 9.36 Å². The Bertz CT molecular complexity index is 867. The molecule has 30 heavy (non-hydrogen) atoms. The fourth-order valence-corrected chi connectivity index (χ4v) is 4.20. The summed E-state index contributed by atoms with van der Waals surface area (Å²) in [4.78, 5) is 23.7. The molecule has 1 aliphatic heterocycles. The molecule has 0 amide bonds. The molecule has 0 bridgehead atoms. The minimum absolute atomic E-state index is 0.207. The summed E-state index contributed by atoms with van der Waals surface area (Å²) in [5, 5.41) is 33.1. The number of aromatic nitrogens is 4. The first kappa shape index (κ1) is 22.7. The molecule has 1 saturated heterocycles. The first-order chi connectivity index (χ1) is 14.3. The van der Waals surface area contributed by atoms with Crippen LogP contribution in [0.25, 0.3) is 11.2 Å². The summed E-state index contributed by atoms with van der Waals surface area (Å²) in [6.45, 7) is 4.10. The number of hydrogen-bond donors (Lipinski definition) is 5. The maximum atomic E-state index is 10.8. The molecular formula is C18H28N6O5S. The van der Waals surface area contributed by atoms with E-state index in [1.54, 1.807) is 4.57 Å². The van der Waals surface area contributed by atoms with E-state index >= 15 is 0 Å². The lowest BCUT2D eigenvalue weighted by Gasteiger charge is -2.17. The lowest BCUT2D eigenvalue weighted by molar-refractivity contribution is -0.138. The van der Waals surface area contributed by atoms with Crippen LogP contribution in [0.3, 0.4) is 0 Å². The van der Waals surface area contributed by atoms with Gasteiger partial charge in [-0.05, 0) is 25.5 Å². The van der Waals surface area contributed by atoms with E-state index in [9.17, 15) is 15.0 Å². The highest BCUT2D eigenvalue weighted by Crippen LogP contribution is 2.33. The molecule has 0 saturated carbocycles. The molecule has 2 aromatic heterocycles. The smallest absolute Gasteiger partial charge is 0.320 e. The molecule has 0 aromatic carbocycles. The van der Waals surface area contributed by atoms with E-state index in [4.69, 9.17) is 15.6 Å². The molecule has 1 unspecified atom stereocenters. The monoisotopic (exact) mass is 440 g/mol. The van der Waals surface area contributed by atoms with Crippen LogP contribution in [0.1, 0.15) is 32.9 Å². The third kappa shape index (κ3) is 4.83. The topological polar surface area (TPSA) is 169 Å². The van der Waals surface area contributed by atoms with Crippen molar-refractivity contribution in [3.05, 3.63) is 12.7 Å². The fraction of sp³-hybridized carbons (Fsp3) is 0.667. The van der Waals surface area contributed by atoms with Crippen LogP contribution in [0.4, 0.5) is 5.82 Å². The van der Waals surface area contributed by atoms with Crippen molar-refractivity contribution in [2.24, 2.45) is 5.73 Å². The number of nitrogens with one attached hydrogen (secondary N) is 1. The molecule has 12 heteroatoms. The van der Waals surface area contributed by atoms with Gasteiger partial charge in [0, 0.05) is 11.8 Å². The third-order valence-electron chi connectivity index (χ3n) is 5.14. The quantitative estimate of drug-likeness (QED) is 0.320. The summed E-state index contributed by atoms with van der Waals surface area (Å²) in [5.74, 6) is 0.457. The molecule has 3 rings (SSSR count). The number of nitrogens with two attached hydrogens (primary N) is 1. The van der Waals surface area contributed by atoms with Gasteiger partial charge in [-0.2, -0.15) is 11.8 Å². The molecule has 166 valence electrons. The van der Waals surface area contributed by atoms with E-state index in [0.717, 1.165) is 6.42 Å². The summed E-state index contributed by atoms with van der Waals surface area (Å²) >= 11 is 1.42. The van der Waals surface area contributed by atoms with Gasteiger partial charge >= 0.3 is 5.97 Å². The molecular weight excluding hydrogens is 412 g/mol. The number of aliphatic hydroxyl groups excluding tert-OH is 2. The van der Waals surface area contributed by atoms with Crippen molar-refractivity contribution in [2.75, 3.05) is 16.8 Å². The van der Waals surface area contributed by atoms with Crippen LogP contribution in [-0.2, 0) is 9.53 Å². The van der Waals surface area contributed by atoms with E-state index in [1.165, 1.54) is 24.4 Å². The van der Waals surface area contributed by atoms with Crippen molar-refractivity contribution in [3.63, 3.8) is 0 Å². The zero-order valence-electron chi connectivity index (χ0n) is 16.9. The van der Waals surface area contributed by atoms with Gasteiger partial charge in [0.25, 0.3) is 0 Å². The Morgan fingerprint density at radius 1 is 1.37 bits per heavy atom. The van der Waals surface area contributed by atoms with Gasteiger partial charge in [-0.15, -0.1) is 0 Å². The predicted octanol–water partition coefficient (Wildman–Crippen LogP) is 0.191. The number of imidazole rings is 1. The van der Waals surface area contributed by atoms with Crippen molar-refractivity contribution >= 4 is 34.7 Å². The van der Waals surface area contributed by atoms with Crippen LogP contribution in [-0.4, -0.2) is 82.7 Å². The average Bonchev–Trinajstić information content (AvgIpc) is 3.27. The molecule has 1 fully saturated rings. The number of ether oxygens (including phenoxy) is 1. The second kappa shape index (κ2) is 9.88. The molecule has 0 spiro atoms. The highest BCUT2D eigenvalue weighted by Gasteiger charge is 2.44. The first-order valence-corrected chi connectivity index (χ1v) is 11.0. The second-order valence-electron chi connectivity index (χ2n) is 7.35. The molecule has 6 N–H and O–H groups in total. The molecule has 2 aromatic rings. The fourth-order valence-electron chi connectivity index (χ4n) is 3.11. The van der Waals surface area contributed by atoms with Gasteiger partial charge in [0.1, 0.15) is 24.6 Å². The molecule has 3 heterocycles. The number of nitrogens with zero attached hydrogens (tertiary/aromatic N) is 4. The Hall–Kier alpha value is -1.99. The van der Waals surface area contributed by atoms with Crippen LogP contribution < -0.4 is 11.1 Å². The zero-order chi connectivity index (χ0) is 21.8. The standard InChI is InChI=1S/C18H28N6O5S/c1-3-9(2)23-15-12-16(21-7-20-15)24(8-22-12)17-14(26)13(25)11(29-17)6-30-5-4-10(19)18(27)28/h7-11,13-14,17,25-26H,3-6,19H2,1-2H3,(H,27,28)(H,20,21,23)/t9?,10-,11+,13+,14+,17+/m0/s1. The summed E-state index contributed by atoms with van der Waals surface area (Å²) < 4.78 is 7.50. The number of thioether (sulfide) groups is 1. The maximum Gasteiger partial charge on any atom is 0.320 e. The first-order valence-electron chi connectivity index (χ1n) is 9.85. The van der Waals surface area contributed by atoms with E-state index in [0.29, 0.717) is 34.9 Å². The Morgan fingerprint density at radius 3 is 2.83 bits per heavy atom. The number of carbonyl (C=O) groups is 1. The number of aliphatic carboxylic acids is 1. The molecule has 6 atom stereocenters. The Morgan fingerprint density at radius 2 is 2.13 bits per heavy atom. The van der Waals surface area contributed by atoms with E-state index in [2.05, 4.69) is 27.2 Å². The third-order valence-corrected chi connectivity index (χ3v) is 6.23. The van der Waals surface area contributed by atoms with Crippen LogP contribution >= 0.6 is 11.8 Å². The number of carboxylic acids is 1. The van der Waals surface area contributed by atoms with E-state index in [-0.39, 0.29) is 6.04 Å². The van der Waals surface area contributed by atoms with E-state index < -0.39 is 36.6 Å². The van der Waals surface area contributed by atoms with Crippen molar-refractivity contribution in [1.82, 2.24) is 19.5 Å². The van der Waals surface area contributed by atoms with Gasteiger partial charge in [0.2, 0.25) is 0 Å². The summed E-state index contributed by atoms with van der Waals surface area (Å²) in [7, 11) is 0. The molecule has 11 nitrogen and oxygen atoms in total. The number of carboxylic acid groups (broad SMARTS) is 1. The van der Waals surface area contributed by atoms with Crippen LogP contribution in [0.5, 0.6) is 0 Å². The van der Waals surface area contributed by atoms with Crippen molar-refractivity contribution in [1.29, 1.82) is 0 Å². The molecule has 0 aliphatic carbocycles. The van der Waals surface area contributed by atoms with Gasteiger partial charge in [-0.25, -0.2) is 15.0 Å². The predicted molar refractivity (Wildman–Crippen MR) is 112 cm³/mol. The zero-order valence-corrected chi connectivity index (χ0v) is 17.7.